The molecule has 2 aromatic carbocycles. The predicted octanol–water partition coefficient (Wildman–Crippen LogP) is 2.85. The van der Waals surface area contributed by atoms with Gasteiger partial charge in [0.15, 0.2) is 0 Å². The maximum atomic E-state index is 13.1. The molecule has 1 unspecified atom stereocenters. The van der Waals surface area contributed by atoms with Crippen LogP contribution in [0.4, 0.5) is 0 Å². The number of carbonyl (C=O) groups is 1. The van der Waals surface area contributed by atoms with Crippen molar-refractivity contribution >= 4 is 16.8 Å². The first kappa shape index (κ1) is 21.9. The third-order valence-electron chi connectivity index (χ3n) is 6.20. The molecule has 2 aromatic heterocycles. The summed E-state index contributed by atoms with van der Waals surface area (Å²) in [5.74, 6) is 0.102. The Morgan fingerprint density at radius 1 is 1.21 bits per heavy atom. The SMILES string of the molecule is CCc1cccc2cc(C(=O)N(C)CC3(O)COc4cc(-c5ccccc5)nn4C3)c(=O)[nH]c12. The molecule has 1 atom stereocenters. The largest absolute Gasteiger partial charge is 0.475 e. The number of benzene rings is 2. The molecule has 0 spiro atoms. The Balaban J connectivity index is 1.36. The molecule has 34 heavy (non-hydrogen) atoms. The van der Waals surface area contributed by atoms with E-state index in [0.29, 0.717) is 5.88 Å². The number of fused-ring (bicyclic) bond motifs is 2. The molecule has 1 aliphatic rings. The van der Waals surface area contributed by atoms with Crippen molar-refractivity contribution in [3.05, 3.63) is 82.1 Å². The van der Waals surface area contributed by atoms with Gasteiger partial charge in [-0.05, 0) is 23.4 Å². The number of para-hydroxylation sites is 1. The number of likely N-dealkylation sites (N-methyl/N-ethyl adjacent to an activating group) is 1. The minimum Gasteiger partial charge on any atom is -0.475 e. The number of nitrogens with one attached hydrogen (secondary N) is 1. The fourth-order valence-electron chi connectivity index (χ4n) is 4.47. The van der Waals surface area contributed by atoms with Gasteiger partial charge < -0.3 is 19.7 Å². The fourth-order valence-corrected chi connectivity index (χ4v) is 4.47. The quantitative estimate of drug-likeness (QED) is 0.479. The summed E-state index contributed by atoms with van der Waals surface area (Å²) in [7, 11) is 1.57. The molecule has 0 aliphatic carbocycles. The highest BCUT2D eigenvalue weighted by molar-refractivity contribution is 5.97. The number of aromatic nitrogens is 3. The van der Waals surface area contributed by atoms with E-state index in [4.69, 9.17) is 4.74 Å². The Morgan fingerprint density at radius 2 is 2.00 bits per heavy atom. The monoisotopic (exact) mass is 458 g/mol. The second-order valence-corrected chi connectivity index (χ2v) is 8.81. The Morgan fingerprint density at radius 3 is 2.76 bits per heavy atom. The van der Waals surface area contributed by atoms with Gasteiger partial charge in [-0.2, -0.15) is 5.10 Å². The molecular weight excluding hydrogens is 432 g/mol. The lowest BCUT2D eigenvalue weighted by Gasteiger charge is -2.35. The molecule has 1 amide bonds. The van der Waals surface area contributed by atoms with Crippen LogP contribution in [0.3, 0.4) is 0 Å². The Labute approximate surface area is 196 Å². The van der Waals surface area contributed by atoms with Crippen molar-refractivity contribution in [2.24, 2.45) is 0 Å². The lowest BCUT2D eigenvalue weighted by Crippen LogP contribution is -2.53. The fraction of sp³-hybridized carbons (Fsp3) is 0.269. The molecule has 0 saturated heterocycles. The molecule has 0 bridgehead atoms. The second-order valence-electron chi connectivity index (χ2n) is 8.81. The Kier molecular flexibility index (Phi) is 5.45. The minimum absolute atomic E-state index is 0.0124. The molecule has 0 radical (unpaired) electrons. The standard InChI is InChI=1S/C26H26N4O4/c1-3-17-10-7-11-19-12-20(24(31)27-23(17)19)25(32)29(2)14-26(33)15-30-22(34-16-26)13-21(28-30)18-8-5-4-6-9-18/h4-13,33H,3,14-16H2,1-2H3,(H,27,31). The van der Waals surface area contributed by atoms with Gasteiger partial charge in [-0.15, -0.1) is 0 Å². The molecule has 4 aromatic rings. The first-order chi connectivity index (χ1) is 16.4. The molecule has 0 saturated carbocycles. The smallest absolute Gasteiger partial charge is 0.261 e. The van der Waals surface area contributed by atoms with Gasteiger partial charge in [-0.3, -0.25) is 9.59 Å². The number of hydrogen-bond acceptors (Lipinski definition) is 5. The number of aliphatic hydroxyl groups is 1. The van der Waals surface area contributed by atoms with Crippen molar-refractivity contribution in [3.8, 4) is 17.1 Å². The van der Waals surface area contributed by atoms with Crippen molar-refractivity contribution in [2.45, 2.75) is 25.5 Å². The number of pyridine rings is 1. The third kappa shape index (κ3) is 3.97. The first-order valence-electron chi connectivity index (χ1n) is 11.3. The van der Waals surface area contributed by atoms with E-state index in [0.717, 1.165) is 34.1 Å². The van der Waals surface area contributed by atoms with Crippen LogP contribution in [0.1, 0.15) is 22.8 Å². The van der Waals surface area contributed by atoms with Gasteiger partial charge in [0.1, 0.15) is 17.8 Å². The maximum Gasteiger partial charge on any atom is 0.261 e. The van der Waals surface area contributed by atoms with Crippen LogP contribution in [0.5, 0.6) is 5.88 Å². The molecule has 1 aliphatic heterocycles. The summed E-state index contributed by atoms with van der Waals surface area (Å²) < 4.78 is 7.39. The van der Waals surface area contributed by atoms with E-state index in [9.17, 15) is 14.7 Å². The summed E-state index contributed by atoms with van der Waals surface area (Å²) in [6, 6.07) is 18.9. The van der Waals surface area contributed by atoms with Crippen molar-refractivity contribution in [2.75, 3.05) is 20.2 Å². The van der Waals surface area contributed by atoms with Crippen molar-refractivity contribution in [1.82, 2.24) is 19.7 Å². The van der Waals surface area contributed by atoms with Gasteiger partial charge in [0, 0.05) is 18.7 Å². The molecule has 8 heteroatoms. The highest BCUT2D eigenvalue weighted by Crippen LogP contribution is 2.29. The van der Waals surface area contributed by atoms with Gasteiger partial charge in [0.2, 0.25) is 5.88 Å². The lowest BCUT2D eigenvalue weighted by molar-refractivity contribution is -0.0596. The van der Waals surface area contributed by atoms with E-state index in [-0.39, 0.29) is 25.3 Å². The van der Waals surface area contributed by atoms with E-state index >= 15 is 0 Å². The minimum atomic E-state index is -1.35. The average molecular weight is 459 g/mol. The summed E-state index contributed by atoms with van der Waals surface area (Å²) in [5, 5.41) is 16.6. The van der Waals surface area contributed by atoms with Gasteiger partial charge in [-0.25, -0.2) is 4.68 Å². The van der Waals surface area contributed by atoms with Crippen molar-refractivity contribution < 1.29 is 14.6 Å². The number of aromatic amines is 1. The highest BCUT2D eigenvalue weighted by atomic mass is 16.5. The van der Waals surface area contributed by atoms with Crippen LogP contribution >= 0.6 is 0 Å². The summed E-state index contributed by atoms with van der Waals surface area (Å²) in [5.41, 5.74) is 1.70. The topological polar surface area (TPSA) is 100 Å². The average Bonchev–Trinajstić information content (AvgIpc) is 3.26. The predicted molar refractivity (Wildman–Crippen MR) is 129 cm³/mol. The summed E-state index contributed by atoms with van der Waals surface area (Å²) in [6.45, 7) is 2.18. The van der Waals surface area contributed by atoms with Gasteiger partial charge in [-0.1, -0.05) is 55.5 Å². The van der Waals surface area contributed by atoms with Gasteiger partial charge in [0.25, 0.3) is 11.5 Å². The number of rotatable bonds is 5. The first-order valence-corrected chi connectivity index (χ1v) is 11.3. The van der Waals surface area contributed by atoms with Gasteiger partial charge >= 0.3 is 0 Å². The van der Waals surface area contributed by atoms with Crippen LogP contribution in [-0.4, -0.2) is 56.5 Å². The number of hydrogen-bond donors (Lipinski definition) is 2. The van der Waals surface area contributed by atoms with Crippen LogP contribution in [0, 0.1) is 0 Å². The van der Waals surface area contributed by atoms with Crippen molar-refractivity contribution in [1.29, 1.82) is 0 Å². The molecular formula is C26H26N4O4. The molecule has 0 fully saturated rings. The van der Waals surface area contributed by atoms with Crippen LogP contribution in [0.15, 0.2) is 65.5 Å². The van der Waals surface area contributed by atoms with Crippen LogP contribution in [0.25, 0.3) is 22.2 Å². The van der Waals surface area contributed by atoms with E-state index < -0.39 is 17.1 Å². The molecule has 5 rings (SSSR count). The Bertz CT molecular complexity index is 1430. The number of carbonyl (C=O) groups excluding carboxylic acids is 1. The molecule has 3 heterocycles. The number of ether oxygens (including phenoxy) is 1. The van der Waals surface area contributed by atoms with E-state index in [2.05, 4.69) is 10.1 Å². The van der Waals surface area contributed by atoms with E-state index in [1.165, 1.54) is 4.90 Å². The van der Waals surface area contributed by atoms with E-state index in [1.54, 1.807) is 17.8 Å². The molecule has 2 N–H and O–H groups in total. The lowest BCUT2D eigenvalue weighted by atomic mass is 10.0. The highest BCUT2D eigenvalue weighted by Gasteiger charge is 2.37. The number of amides is 1. The summed E-state index contributed by atoms with van der Waals surface area (Å²) in [6.07, 6.45) is 0.773. The zero-order chi connectivity index (χ0) is 23.9. The molecule has 8 nitrogen and oxygen atoms in total. The third-order valence-corrected chi connectivity index (χ3v) is 6.20. The number of H-pyrrole nitrogens is 1. The molecule has 174 valence electrons. The maximum absolute atomic E-state index is 13.1. The van der Waals surface area contributed by atoms with E-state index in [1.807, 2.05) is 61.5 Å². The van der Waals surface area contributed by atoms with Crippen LogP contribution < -0.4 is 10.3 Å². The zero-order valence-corrected chi connectivity index (χ0v) is 19.1. The number of aryl methyl sites for hydroxylation is 1. The zero-order valence-electron chi connectivity index (χ0n) is 19.1. The number of nitrogens with zero attached hydrogens (tertiary/aromatic N) is 3. The second kappa shape index (κ2) is 8.46. The van der Waals surface area contributed by atoms with Gasteiger partial charge in [0.05, 0.1) is 24.3 Å². The van der Waals surface area contributed by atoms with Crippen LogP contribution in [0.2, 0.25) is 0 Å². The van der Waals surface area contributed by atoms with Crippen molar-refractivity contribution in [3.63, 3.8) is 0 Å². The summed E-state index contributed by atoms with van der Waals surface area (Å²) in [4.78, 5) is 30.1. The summed E-state index contributed by atoms with van der Waals surface area (Å²) >= 11 is 0. The van der Waals surface area contributed by atoms with Crippen LogP contribution in [-0.2, 0) is 13.0 Å². The normalized spacial score (nSPS) is 17.3. The Hall–Kier alpha value is -3.91.